The van der Waals surface area contributed by atoms with E-state index in [1.807, 2.05) is 55.5 Å². The highest BCUT2D eigenvalue weighted by Crippen LogP contribution is 2.37. The zero-order valence-electron chi connectivity index (χ0n) is 19.9. The molecule has 0 bridgehead atoms. The largest absolute Gasteiger partial charge is 0.334 e. The molecule has 0 aliphatic carbocycles. The molecule has 5 rings (SSSR count). The summed E-state index contributed by atoms with van der Waals surface area (Å²) in [5.41, 5.74) is 5.91. The number of hydrogen-bond acceptors (Lipinski definition) is 4. The van der Waals surface area contributed by atoms with E-state index in [1.54, 1.807) is 4.90 Å². The second-order valence-corrected chi connectivity index (χ2v) is 8.65. The first-order chi connectivity index (χ1) is 17.1. The van der Waals surface area contributed by atoms with Gasteiger partial charge in [0, 0.05) is 17.8 Å². The van der Waals surface area contributed by atoms with Gasteiger partial charge in [0.15, 0.2) is 0 Å². The lowest BCUT2D eigenvalue weighted by Crippen LogP contribution is -2.46. The molecule has 1 aliphatic rings. The predicted octanol–water partition coefficient (Wildman–Crippen LogP) is 6.04. The summed E-state index contributed by atoms with van der Waals surface area (Å²) in [7, 11) is 0. The van der Waals surface area contributed by atoms with Crippen molar-refractivity contribution < 1.29 is 9.32 Å². The first kappa shape index (κ1) is 22.6. The quantitative estimate of drug-likeness (QED) is 0.362. The van der Waals surface area contributed by atoms with Crippen LogP contribution in [0.4, 0.5) is 4.79 Å². The molecule has 0 saturated carbocycles. The molecule has 6 heteroatoms. The van der Waals surface area contributed by atoms with Crippen LogP contribution in [0.5, 0.6) is 0 Å². The van der Waals surface area contributed by atoms with Gasteiger partial charge in [-0.25, -0.2) is 4.79 Å². The average Bonchev–Trinajstić information content (AvgIpc) is 3.39. The van der Waals surface area contributed by atoms with E-state index in [0.29, 0.717) is 18.3 Å². The number of carbonyl (C=O) groups excluding carboxylic acids is 1. The van der Waals surface area contributed by atoms with Crippen LogP contribution in [-0.2, 0) is 12.8 Å². The number of allylic oxidation sites excluding steroid dienone is 1. The van der Waals surface area contributed by atoms with Crippen molar-refractivity contribution in [2.45, 2.75) is 32.7 Å². The summed E-state index contributed by atoms with van der Waals surface area (Å²) in [6.07, 6.45) is 1.70. The van der Waals surface area contributed by atoms with Gasteiger partial charge in [-0.05, 0) is 36.5 Å². The number of benzene rings is 3. The summed E-state index contributed by atoms with van der Waals surface area (Å²) < 4.78 is 5.78. The fourth-order valence-electron chi connectivity index (χ4n) is 4.45. The smallest absolute Gasteiger partial charge is 0.322 e. The maximum absolute atomic E-state index is 13.3. The molecule has 0 spiro atoms. The summed E-state index contributed by atoms with van der Waals surface area (Å²) in [6, 6.07) is 27.7. The minimum atomic E-state index is -0.384. The summed E-state index contributed by atoms with van der Waals surface area (Å²) in [5.74, 6) is 0.935. The van der Waals surface area contributed by atoms with Gasteiger partial charge >= 0.3 is 6.03 Å². The monoisotopic (exact) mass is 464 g/mol. The molecule has 4 aromatic rings. The highest BCUT2D eigenvalue weighted by Gasteiger charge is 2.35. The van der Waals surface area contributed by atoms with Crippen molar-refractivity contribution in [3.8, 4) is 11.4 Å². The van der Waals surface area contributed by atoms with Crippen LogP contribution in [0.25, 0.3) is 17.0 Å². The Morgan fingerprint density at radius 3 is 2.29 bits per heavy atom. The first-order valence-corrected chi connectivity index (χ1v) is 11.9. The number of aryl methyl sites for hydroxylation is 1. The van der Waals surface area contributed by atoms with Crippen LogP contribution in [0, 0.1) is 0 Å². The topological polar surface area (TPSA) is 71.3 Å². The second kappa shape index (κ2) is 9.97. The van der Waals surface area contributed by atoms with Crippen LogP contribution < -0.4 is 5.32 Å². The van der Waals surface area contributed by atoms with Gasteiger partial charge in [0.2, 0.25) is 5.82 Å². The molecule has 2 heterocycles. The summed E-state index contributed by atoms with van der Waals surface area (Å²) in [4.78, 5) is 19.7. The number of nitrogens with one attached hydrogen (secondary N) is 1. The summed E-state index contributed by atoms with van der Waals surface area (Å²) in [5, 5.41) is 7.42. The van der Waals surface area contributed by atoms with Crippen molar-refractivity contribution in [3.05, 3.63) is 113 Å². The van der Waals surface area contributed by atoms with Crippen LogP contribution in [0.2, 0.25) is 0 Å². The maximum atomic E-state index is 13.3. The van der Waals surface area contributed by atoms with Gasteiger partial charge in [0.05, 0.1) is 11.6 Å². The molecule has 6 nitrogen and oxygen atoms in total. The van der Waals surface area contributed by atoms with Crippen molar-refractivity contribution >= 4 is 11.6 Å². The number of hydrogen-bond donors (Lipinski definition) is 1. The Balaban J connectivity index is 1.54. The Hall–Kier alpha value is -4.19. The average molecular weight is 465 g/mol. The molecule has 0 saturated heterocycles. The van der Waals surface area contributed by atoms with E-state index in [4.69, 9.17) is 9.51 Å². The molecule has 1 aromatic heterocycles. The number of aromatic nitrogens is 2. The number of amides is 2. The molecule has 1 N–H and O–H groups in total. The van der Waals surface area contributed by atoms with Crippen molar-refractivity contribution in [1.82, 2.24) is 20.4 Å². The summed E-state index contributed by atoms with van der Waals surface area (Å²) >= 11 is 0. The number of nitrogens with zero attached hydrogens (tertiary/aromatic N) is 3. The molecule has 35 heavy (non-hydrogen) atoms. The van der Waals surface area contributed by atoms with Gasteiger partial charge in [-0.15, -0.1) is 0 Å². The standard InChI is InChI=1S/C29H28N4O2/c1-3-21-14-16-23(17-15-21)26-25(28-31-27(32-35-28)24-12-8-5-9-13-24)20(2)33(29(34)30-26)19-18-22-10-6-4-7-11-22/h4-17,26H,3,18-19H2,1-2H3,(H,30,34). The van der Waals surface area contributed by atoms with E-state index in [9.17, 15) is 4.79 Å². The predicted molar refractivity (Wildman–Crippen MR) is 136 cm³/mol. The van der Waals surface area contributed by atoms with Crippen molar-refractivity contribution in [1.29, 1.82) is 0 Å². The Kier molecular flexibility index (Phi) is 6.44. The third-order valence-electron chi connectivity index (χ3n) is 6.47. The van der Waals surface area contributed by atoms with Crippen molar-refractivity contribution in [2.24, 2.45) is 0 Å². The Bertz CT molecular complexity index is 1330. The minimum absolute atomic E-state index is 0.130. The first-order valence-electron chi connectivity index (χ1n) is 11.9. The Morgan fingerprint density at radius 2 is 1.60 bits per heavy atom. The third-order valence-corrected chi connectivity index (χ3v) is 6.47. The highest BCUT2D eigenvalue weighted by molar-refractivity contribution is 5.86. The lowest BCUT2D eigenvalue weighted by molar-refractivity contribution is 0.205. The van der Waals surface area contributed by atoms with Crippen LogP contribution in [0.3, 0.4) is 0 Å². The number of carbonyl (C=O) groups is 1. The van der Waals surface area contributed by atoms with Gasteiger partial charge in [0.25, 0.3) is 5.89 Å². The fraction of sp³-hybridized carbons (Fsp3) is 0.207. The maximum Gasteiger partial charge on any atom is 0.322 e. The second-order valence-electron chi connectivity index (χ2n) is 8.65. The molecule has 1 unspecified atom stereocenters. The molecule has 2 amide bonds. The van der Waals surface area contributed by atoms with Gasteiger partial charge in [-0.3, -0.25) is 4.90 Å². The van der Waals surface area contributed by atoms with Crippen LogP contribution in [0.1, 0.15) is 42.5 Å². The Morgan fingerprint density at radius 1 is 0.914 bits per heavy atom. The lowest BCUT2D eigenvalue weighted by atomic mass is 9.93. The van der Waals surface area contributed by atoms with Gasteiger partial charge in [-0.2, -0.15) is 4.98 Å². The van der Waals surface area contributed by atoms with Crippen LogP contribution in [-0.4, -0.2) is 27.6 Å². The Labute approximate surface area is 205 Å². The van der Waals surface area contributed by atoms with E-state index in [0.717, 1.165) is 35.2 Å². The number of urea groups is 1. The van der Waals surface area contributed by atoms with Crippen molar-refractivity contribution in [3.63, 3.8) is 0 Å². The van der Waals surface area contributed by atoms with E-state index >= 15 is 0 Å². The zero-order valence-corrected chi connectivity index (χ0v) is 19.9. The van der Waals surface area contributed by atoms with Gasteiger partial charge < -0.3 is 9.84 Å². The van der Waals surface area contributed by atoms with E-state index in [1.165, 1.54) is 11.1 Å². The molecular formula is C29H28N4O2. The van der Waals surface area contributed by atoms with Crippen molar-refractivity contribution in [2.75, 3.05) is 6.54 Å². The normalized spacial score (nSPS) is 15.9. The van der Waals surface area contributed by atoms with Crippen LogP contribution in [0.15, 0.2) is 95.1 Å². The minimum Gasteiger partial charge on any atom is -0.334 e. The molecule has 0 radical (unpaired) electrons. The molecule has 176 valence electrons. The SMILES string of the molecule is CCc1ccc(C2NC(=O)N(CCc3ccccc3)C(C)=C2c2nc(-c3ccccc3)no2)cc1. The van der Waals surface area contributed by atoms with E-state index in [2.05, 4.69) is 53.8 Å². The summed E-state index contributed by atoms with van der Waals surface area (Å²) in [6.45, 7) is 4.63. The van der Waals surface area contributed by atoms with E-state index in [-0.39, 0.29) is 12.1 Å². The molecule has 1 aliphatic heterocycles. The lowest BCUT2D eigenvalue weighted by Gasteiger charge is -2.35. The highest BCUT2D eigenvalue weighted by atomic mass is 16.5. The molecule has 0 fully saturated rings. The van der Waals surface area contributed by atoms with E-state index < -0.39 is 0 Å². The van der Waals surface area contributed by atoms with Gasteiger partial charge in [-0.1, -0.05) is 97.0 Å². The van der Waals surface area contributed by atoms with Crippen LogP contribution >= 0.6 is 0 Å². The number of rotatable bonds is 7. The fourth-order valence-corrected chi connectivity index (χ4v) is 4.45. The van der Waals surface area contributed by atoms with Gasteiger partial charge in [0.1, 0.15) is 0 Å². The molecule has 1 atom stereocenters. The zero-order chi connectivity index (χ0) is 24.2. The molecular weight excluding hydrogens is 436 g/mol. The third kappa shape index (κ3) is 4.73. The molecule has 3 aromatic carbocycles.